The maximum absolute atomic E-state index is 5.50. The van der Waals surface area contributed by atoms with E-state index < -0.39 is 0 Å². The molecule has 0 bridgehead atoms. The zero-order chi connectivity index (χ0) is 7.98. The van der Waals surface area contributed by atoms with E-state index in [0.29, 0.717) is 9.51 Å². The molecule has 0 radical (unpaired) electrons. The van der Waals surface area contributed by atoms with Crippen molar-refractivity contribution in [1.82, 2.24) is 0 Å². The third kappa shape index (κ3) is 4.53. The Balaban J connectivity index is 4.04. The highest BCUT2D eigenvalue weighted by molar-refractivity contribution is 9.12. The lowest BCUT2D eigenvalue weighted by Crippen LogP contribution is -1.66. The Labute approximate surface area is 73.9 Å². The molecule has 0 fully saturated rings. The topological polar surface area (TPSA) is 12.4 Å². The lowest BCUT2D eigenvalue weighted by molar-refractivity contribution is 1.58. The van der Waals surface area contributed by atoms with Crippen molar-refractivity contribution in [3.05, 3.63) is 34.9 Å². The van der Waals surface area contributed by atoms with Crippen molar-refractivity contribution in [2.24, 2.45) is 4.99 Å². The molecular weight excluding hydrogens is 213 g/mol. The first-order valence-corrected chi connectivity index (χ1v) is 3.70. The van der Waals surface area contributed by atoms with Crippen LogP contribution in [0.4, 0.5) is 0 Å². The molecule has 0 unspecified atom stereocenters. The molecule has 0 aromatic rings. The van der Waals surface area contributed by atoms with E-state index in [1.165, 1.54) is 0 Å². The molecule has 0 aromatic heterocycles. The van der Waals surface area contributed by atoms with Gasteiger partial charge >= 0.3 is 0 Å². The van der Waals surface area contributed by atoms with Gasteiger partial charge in [-0.05, 0) is 15.9 Å². The number of aliphatic imine (C=N–C) groups is 1. The first-order chi connectivity index (χ1) is 4.68. The van der Waals surface area contributed by atoms with Gasteiger partial charge in [0.2, 0.25) is 0 Å². The Morgan fingerprint density at radius 3 is 2.60 bits per heavy atom. The van der Waals surface area contributed by atoms with Gasteiger partial charge < -0.3 is 0 Å². The summed E-state index contributed by atoms with van der Waals surface area (Å²) in [5, 5.41) is 0.432. The maximum atomic E-state index is 5.50. The largest absolute Gasteiger partial charge is 0.264 e. The summed E-state index contributed by atoms with van der Waals surface area (Å²) in [5.41, 5.74) is 0. The average molecular weight is 220 g/mol. The number of allylic oxidation sites excluding steroid dienone is 3. The fourth-order valence-electron chi connectivity index (χ4n) is 0.239. The number of halogens is 2. The molecule has 0 aliphatic carbocycles. The molecule has 10 heavy (non-hydrogen) atoms. The van der Waals surface area contributed by atoms with Crippen molar-refractivity contribution in [3.63, 3.8) is 0 Å². The third-order valence-electron chi connectivity index (χ3n) is 0.639. The van der Waals surface area contributed by atoms with Crippen molar-refractivity contribution < 1.29 is 0 Å². The van der Waals surface area contributed by atoms with Gasteiger partial charge in [-0.2, -0.15) is 0 Å². The monoisotopic (exact) mass is 219 g/mol. The summed E-state index contributed by atoms with van der Waals surface area (Å²) in [6, 6.07) is 0. The van der Waals surface area contributed by atoms with Crippen LogP contribution >= 0.6 is 27.5 Å². The summed E-state index contributed by atoms with van der Waals surface area (Å²) >= 11 is 8.65. The summed E-state index contributed by atoms with van der Waals surface area (Å²) in [4.78, 5) is 3.81. The highest BCUT2D eigenvalue weighted by Gasteiger charge is 1.89. The minimum absolute atomic E-state index is 0.432. The first-order valence-electron chi connectivity index (χ1n) is 2.53. The van der Waals surface area contributed by atoms with Gasteiger partial charge in [0.25, 0.3) is 0 Å². The van der Waals surface area contributed by atoms with Crippen LogP contribution in [-0.4, -0.2) is 6.21 Å². The van der Waals surface area contributed by atoms with Gasteiger partial charge in [0.05, 0.1) is 4.48 Å². The molecule has 0 spiro atoms. The molecule has 0 aliphatic heterocycles. The molecule has 0 saturated heterocycles. The summed E-state index contributed by atoms with van der Waals surface area (Å²) in [6.07, 6.45) is 4.69. The van der Waals surface area contributed by atoms with Crippen molar-refractivity contribution in [2.75, 3.05) is 0 Å². The van der Waals surface area contributed by atoms with Crippen LogP contribution in [0.3, 0.4) is 0 Å². The minimum atomic E-state index is 0.432. The third-order valence-corrected chi connectivity index (χ3v) is 1.75. The molecule has 1 nitrogen and oxygen atoms in total. The van der Waals surface area contributed by atoms with Crippen molar-refractivity contribution in [3.8, 4) is 0 Å². The van der Waals surface area contributed by atoms with Crippen LogP contribution in [0, 0.1) is 0 Å². The Morgan fingerprint density at radius 2 is 2.20 bits per heavy atom. The van der Waals surface area contributed by atoms with Crippen LogP contribution in [0.1, 0.15) is 0 Å². The van der Waals surface area contributed by atoms with Crippen LogP contribution in [0.2, 0.25) is 0 Å². The molecule has 0 aromatic carbocycles. The second-order valence-corrected chi connectivity index (χ2v) is 2.73. The number of hydrogen-bond acceptors (Lipinski definition) is 1. The number of nitrogens with zero attached hydrogens (tertiary/aromatic N) is 1. The van der Waals surface area contributed by atoms with Crippen molar-refractivity contribution >= 4 is 33.7 Å². The van der Waals surface area contributed by atoms with E-state index in [9.17, 15) is 0 Å². The van der Waals surface area contributed by atoms with Gasteiger partial charge in [-0.25, -0.2) is 0 Å². The van der Waals surface area contributed by atoms with Gasteiger partial charge in [-0.15, -0.1) is 0 Å². The lowest BCUT2D eigenvalue weighted by atomic mass is 10.6. The first kappa shape index (κ1) is 9.66. The molecule has 54 valence electrons. The van der Waals surface area contributed by atoms with Crippen LogP contribution in [0.5, 0.6) is 0 Å². The predicted octanol–water partition coefficient (Wildman–Crippen LogP) is 3.23. The fourth-order valence-corrected chi connectivity index (χ4v) is 0.406. The second-order valence-electron chi connectivity index (χ2n) is 1.42. The number of rotatable bonds is 3. The van der Waals surface area contributed by atoms with E-state index in [1.807, 2.05) is 0 Å². The highest BCUT2D eigenvalue weighted by Crippen LogP contribution is 2.18. The van der Waals surface area contributed by atoms with Crippen LogP contribution < -0.4 is 0 Å². The van der Waals surface area contributed by atoms with Crippen LogP contribution in [0.15, 0.2) is 39.9 Å². The van der Waals surface area contributed by atoms with Crippen LogP contribution in [-0.2, 0) is 0 Å². The van der Waals surface area contributed by atoms with Gasteiger partial charge in [0.1, 0.15) is 0 Å². The SMILES string of the molecule is C=C/C=N\C=C(\Br)C(=C)Cl. The quantitative estimate of drug-likeness (QED) is 0.511. The molecular formula is C7H7BrClN. The molecule has 0 aliphatic rings. The molecule has 3 heteroatoms. The standard InChI is InChI=1S/C7H7BrClN/c1-3-4-10-5-7(8)6(2)9/h3-5H,1-2H2/b7-5+,10-4-. The molecule has 0 heterocycles. The Hall–Kier alpha value is -0.340. The van der Waals surface area contributed by atoms with Crippen molar-refractivity contribution in [2.45, 2.75) is 0 Å². The van der Waals surface area contributed by atoms with E-state index >= 15 is 0 Å². The summed E-state index contributed by atoms with van der Waals surface area (Å²) in [6.45, 7) is 6.94. The van der Waals surface area contributed by atoms with Gasteiger partial charge in [0.15, 0.2) is 0 Å². The van der Waals surface area contributed by atoms with Gasteiger partial charge in [-0.3, -0.25) is 4.99 Å². The molecule has 0 amide bonds. The van der Waals surface area contributed by atoms with E-state index in [1.54, 1.807) is 18.5 Å². The van der Waals surface area contributed by atoms with E-state index in [2.05, 4.69) is 34.1 Å². The lowest BCUT2D eigenvalue weighted by Gasteiger charge is -1.87. The Kier molecular flexibility index (Phi) is 5.26. The van der Waals surface area contributed by atoms with Gasteiger partial charge in [0, 0.05) is 17.4 Å². The molecule has 0 N–H and O–H groups in total. The average Bonchev–Trinajstić information content (AvgIpc) is 1.88. The zero-order valence-corrected chi connectivity index (χ0v) is 7.69. The summed E-state index contributed by atoms with van der Waals surface area (Å²) in [5.74, 6) is 0. The summed E-state index contributed by atoms with van der Waals surface area (Å²) in [7, 11) is 0. The Bertz CT molecular complexity index is 194. The highest BCUT2D eigenvalue weighted by atomic mass is 79.9. The van der Waals surface area contributed by atoms with E-state index in [4.69, 9.17) is 11.6 Å². The zero-order valence-electron chi connectivity index (χ0n) is 5.35. The number of hydrogen-bond donors (Lipinski definition) is 0. The normalized spacial score (nSPS) is 12.0. The van der Waals surface area contributed by atoms with Gasteiger partial charge in [-0.1, -0.05) is 30.8 Å². The predicted molar refractivity (Wildman–Crippen MR) is 50.7 cm³/mol. The van der Waals surface area contributed by atoms with E-state index in [0.717, 1.165) is 0 Å². The smallest absolute Gasteiger partial charge is 0.0538 e. The van der Waals surface area contributed by atoms with Crippen LogP contribution in [0.25, 0.3) is 0 Å². The second kappa shape index (κ2) is 5.45. The van der Waals surface area contributed by atoms with Crippen molar-refractivity contribution in [1.29, 1.82) is 0 Å². The maximum Gasteiger partial charge on any atom is 0.0538 e. The molecule has 0 rings (SSSR count). The Morgan fingerprint density at radius 1 is 1.60 bits per heavy atom. The summed E-state index contributed by atoms with van der Waals surface area (Å²) < 4.78 is 0.673. The molecule has 0 saturated carbocycles. The van der Waals surface area contributed by atoms with E-state index in [-0.39, 0.29) is 0 Å². The fraction of sp³-hybridized carbons (Fsp3) is 0. The molecule has 0 atom stereocenters. The minimum Gasteiger partial charge on any atom is -0.264 e.